The Morgan fingerprint density at radius 2 is 2.33 bits per heavy atom. The molecule has 3 rings (SSSR count). The number of carbonyl (C=O) groups excluding carboxylic acids is 1. The average molecular weight is 299 g/mol. The van der Waals surface area contributed by atoms with Crippen molar-refractivity contribution in [1.82, 2.24) is 19.7 Å². The quantitative estimate of drug-likeness (QED) is 0.785. The number of hydrogen-bond donors (Lipinski definition) is 1. The van der Waals surface area contributed by atoms with Gasteiger partial charge in [-0.3, -0.25) is 9.48 Å². The first-order valence-electron chi connectivity index (χ1n) is 6.43. The Kier molecular flexibility index (Phi) is 4.02. The van der Waals surface area contributed by atoms with Crippen LogP contribution < -0.4 is 5.32 Å². The van der Waals surface area contributed by atoms with E-state index in [4.69, 9.17) is 0 Å². The van der Waals surface area contributed by atoms with Gasteiger partial charge in [0.15, 0.2) is 0 Å². The topological polar surface area (TPSA) is 72.7 Å². The molecule has 6 nitrogen and oxygen atoms in total. The highest BCUT2D eigenvalue weighted by molar-refractivity contribution is 7.13. The van der Waals surface area contributed by atoms with Crippen LogP contribution in [0.25, 0.3) is 10.6 Å². The third-order valence-corrected chi connectivity index (χ3v) is 3.68. The van der Waals surface area contributed by atoms with Crippen LogP contribution in [-0.4, -0.2) is 25.7 Å². The molecule has 1 aromatic carbocycles. The van der Waals surface area contributed by atoms with Crippen molar-refractivity contribution in [2.45, 2.75) is 13.0 Å². The molecule has 0 unspecified atom stereocenters. The molecule has 1 N–H and O–H groups in total. The molecule has 1 amide bonds. The summed E-state index contributed by atoms with van der Waals surface area (Å²) in [6, 6.07) is 7.67. The molecule has 0 radical (unpaired) electrons. The zero-order chi connectivity index (χ0) is 14.5. The van der Waals surface area contributed by atoms with E-state index in [1.165, 1.54) is 6.33 Å². The highest BCUT2D eigenvalue weighted by atomic mass is 32.1. The van der Waals surface area contributed by atoms with Gasteiger partial charge in [-0.15, -0.1) is 11.3 Å². The van der Waals surface area contributed by atoms with E-state index in [-0.39, 0.29) is 5.91 Å². The maximum atomic E-state index is 11.9. The number of nitrogens with one attached hydrogen (secondary N) is 1. The summed E-state index contributed by atoms with van der Waals surface area (Å²) in [6.45, 7) is 0.512. The molecule has 0 saturated heterocycles. The van der Waals surface area contributed by atoms with Gasteiger partial charge in [-0.1, -0.05) is 12.1 Å². The van der Waals surface area contributed by atoms with E-state index >= 15 is 0 Å². The van der Waals surface area contributed by atoms with Crippen molar-refractivity contribution in [3.8, 4) is 10.6 Å². The third kappa shape index (κ3) is 3.51. The number of aryl methyl sites for hydroxylation is 1. The molecule has 2 aromatic heterocycles. The van der Waals surface area contributed by atoms with Crippen molar-refractivity contribution in [1.29, 1.82) is 0 Å². The fraction of sp³-hybridized carbons (Fsp3) is 0.143. The van der Waals surface area contributed by atoms with E-state index < -0.39 is 0 Å². The van der Waals surface area contributed by atoms with Gasteiger partial charge in [0.05, 0.1) is 6.54 Å². The highest BCUT2D eigenvalue weighted by Gasteiger charge is 2.05. The van der Waals surface area contributed by atoms with Crippen molar-refractivity contribution in [3.63, 3.8) is 0 Å². The second-order valence-electron chi connectivity index (χ2n) is 4.37. The van der Waals surface area contributed by atoms with Crippen molar-refractivity contribution in [3.05, 3.63) is 48.5 Å². The Morgan fingerprint density at radius 1 is 1.38 bits per heavy atom. The van der Waals surface area contributed by atoms with E-state index in [9.17, 15) is 4.79 Å². The Morgan fingerprint density at radius 3 is 3.10 bits per heavy atom. The Labute approximate surface area is 125 Å². The zero-order valence-corrected chi connectivity index (χ0v) is 12.0. The van der Waals surface area contributed by atoms with Crippen LogP contribution in [0.15, 0.2) is 48.5 Å². The van der Waals surface area contributed by atoms with Crippen LogP contribution in [0, 0.1) is 0 Å². The fourth-order valence-electron chi connectivity index (χ4n) is 1.88. The maximum Gasteiger partial charge on any atom is 0.226 e. The third-order valence-electron chi connectivity index (χ3n) is 2.86. The fourth-order valence-corrected chi connectivity index (χ4v) is 2.52. The number of carbonyl (C=O) groups is 1. The van der Waals surface area contributed by atoms with Gasteiger partial charge >= 0.3 is 0 Å². The molecule has 0 aliphatic carbocycles. The molecule has 0 atom stereocenters. The Balaban J connectivity index is 1.62. The lowest BCUT2D eigenvalue weighted by Crippen LogP contribution is -2.14. The smallest absolute Gasteiger partial charge is 0.226 e. The van der Waals surface area contributed by atoms with Gasteiger partial charge < -0.3 is 5.32 Å². The standard InChI is InChI=1S/C14H13N5OS/c20-13(4-6-19-10-15-9-17-19)18-12-3-1-2-11(8-12)14-16-5-7-21-14/h1-3,5,7-10H,4,6H2,(H,18,20). The monoisotopic (exact) mass is 299 g/mol. The Hall–Kier alpha value is -2.54. The molecule has 0 aliphatic rings. The van der Waals surface area contributed by atoms with Crippen LogP contribution in [0.4, 0.5) is 5.69 Å². The maximum absolute atomic E-state index is 11.9. The summed E-state index contributed by atoms with van der Waals surface area (Å²) < 4.78 is 1.63. The summed E-state index contributed by atoms with van der Waals surface area (Å²) in [7, 11) is 0. The van der Waals surface area contributed by atoms with Gasteiger partial charge in [0.1, 0.15) is 17.7 Å². The van der Waals surface area contributed by atoms with E-state index in [2.05, 4.69) is 20.4 Å². The van der Waals surface area contributed by atoms with Gasteiger partial charge in [-0.25, -0.2) is 9.97 Å². The van der Waals surface area contributed by atoms with Crippen LogP contribution in [-0.2, 0) is 11.3 Å². The van der Waals surface area contributed by atoms with Gasteiger partial charge in [0.2, 0.25) is 5.91 Å². The van der Waals surface area contributed by atoms with E-state index in [1.54, 1.807) is 28.5 Å². The molecule has 0 bridgehead atoms. The first-order valence-corrected chi connectivity index (χ1v) is 7.31. The number of aromatic nitrogens is 4. The number of thiazole rings is 1. The molecule has 7 heteroatoms. The lowest BCUT2D eigenvalue weighted by Gasteiger charge is -2.06. The van der Waals surface area contributed by atoms with Crippen molar-refractivity contribution < 1.29 is 4.79 Å². The predicted octanol–water partition coefficient (Wildman–Crippen LogP) is 2.43. The summed E-state index contributed by atoms with van der Waals surface area (Å²) in [5, 5.41) is 9.71. The molecule has 106 valence electrons. The predicted molar refractivity (Wildman–Crippen MR) is 80.8 cm³/mol. The van der Waals surface area contributed by atoms with E-state index in [0.717, 1.165) is 16.3 Å². The average Bonchev–Trinajstić information content (AvgIpc) is 3.19. The van der Waals surface area contributed by atoms with Crippen LogP contribution in [0.5, 0.6) is 0 Å². The molecule has 0 aliphatic heterocycles. The van der Waals surface area contributed by atoms with Crippen molar-refractivity contribution in [2.24, 2.45) is 0 Å². The number of nitrogens with zero attached hydrogens (tertiary/aromatic N) is 4. The lowest BCUT2D eigenvalue weighted by molar-refractivity contribution is -0.116. The van der Waals surface area contributed by atoms with Gasteiger partial charge in [-0.2, -0.15) is 5.10 Å². The number of amides is 1. The molecule has 2 heterocycles. The molecular weight excluding hydrogens is 286 g/mol. The summed E-state index contributed by atoms with van der Waals surface area (Å²) in [4.78, 5) is 20.0. The minimum Gasteiger partial charge on any atom is -0.326 e. The van der Waals surface area contributed by atoms with E-state index in [0.29, 0.717) is 13.0 Å². The molecule has 0 fully saturated rings. The second-order valence-corrected chi connectivity index (χ2v) is 5.27. The van der Waals surface area contributed by atoms with Gasteiger partial charge in [0.25, 0.3) is 0 Å². The molecule has 21 heavy (non-hydrogen) atoms. The van der Waals surface area contributed by atoms with Crippen LogP contribution in [0.1, 0.15) is 6.42 Å². The Bertz CT molecular complexity index is 709. The summed E-state index contributed by atoms with van der Waals surface area (Å²) in [6.07, 6.45) is 5.17. The van der Waals surface area contributed by atoms with Crippen LogP contribution in [0.2, 0.25) is 0 Å². The summed E-state index contributed by atoms with van der Waals surface area (Å²) in [5.41, 5.74) is 1.77. The number of anilines is 1. The van der Waals surface area contributed by atoms with E-state index in [1.807, 2.05) is 29.6 Å². The number of rotatable bonds is 5. The molecular formula is C14H13N5OS. The first kappa shape index (κ1) is 13.4. The number of hydrogen-bond acceptors (Lipinski definition) is 5. The van der Waals surface area contributed by atoms with Crippen molar-refractivity contribution >= 4 is 22.9 Å². The highest BCUT2D eigenvalue weighted by Crippen LogP contribution is 2.24. The normalized spacial score (nSPS) is 10.5. The summed E-state index contributed by atoms with van der Waals surface area (Å²) in [5.74, 6) is -0.0539. The zero-order valence-electron chi connectivity index (χ0n) is 11.1. The number of benzene rings is 1. The second kappa shape index (κ2) is 6.27. The molecule has 3 aromatic rings. The molecule has 0 saturated carbocycles. The van der Waals surface area contributed by atoms with Crippen molar-refractivity contribution in [2.75, 3.05) is 5.32 Å². The largest absolute Gasteiger partial charge is 0.326 e. The van der Waals surface area contributed by atoms with Gasteiger partial charge in [-0.05, 0) is 12.1 Å². The van der Waals surface area contributed by atoms with Crippen LogP contribution in [0.3, 0.4) is 0 Å². The minimum atomic E-state index is -0.0539. The summed E-state index contributed by atoms with van der Waals surface area (Å²) >= 11 is 1.57. The van der Waals surface area contributed by atoms with Gasteiger partial charge in [0, 0.05) is 29.2 Å². The van der Waals surface area contributed by atoms with Crippen LogP contribution >= 0.6 is 11.3 Å². The molecule has 0 spiro atoms. The first-order chi connectivity index (χ1) is 10.3. The lowest BCUT2D eigenvalue weighted by atomic mass is 10.2. The SMILES string of the molecule is O=C(CCn1cncn1)Nc1cccc(-c2nccs2)c1. The minimum absolute atomic E-state index is 0.0539.